The van der Waals surface area contributed by atoms with Crippen LogP contribution in [0.2, 0.25) is 0 Å². The number of hydrogen-bond donors (Lipinski definition) is 1. The maximum absolute atomic E-state index is 13.8. The van der Waals surface area contributed by atoms with E-state index >= 15 is 0 Å². The minimum absolute atomic E-state index is 0.0829. The highest BCUT2D eigenvalue weighted by Gasteiger charge is 2.44. The topological polar surface area (TPSA) is 89.5 Å². The molecule has 2 amide bonds. The lowest BCUT2D eigenvalue weighted by Crippen LogP contribution is -2.32. The van der Waals surface area contributed by atoms with Crippen LogP contribution in [0.5, 0.6) is 0 Å². The summed E-state index contributed by atoms with van der Waals surface area (Å²) in [6.45, 7) is 0.743. The van der Waals surface area contributed by atoms with Gasteiger partial charge in [0.05, 0.1) is 18.7 Å². The standard InChI is InChI=1S/C24H28FN7O2/c1-30(2)13-27-24(33)29-22-20-17(9-10-19(28-20)15-7-6-8-16(25)11-15)18(12-26-22)21-23(34-21)32(5)14-31(3)4/h6-13,21,23H,14H2,1-5H3,(H,26,29,33)/b27-13+. The molecule has 4 rings (SSSR count). The second kappa shape index (κ2) is 9.80. The first-order valence-corrected chi connectivity index (χ1v) is 10.8. The number of aromatic nitrogens is 2. The molecule has 3 aromatic rings. The van der Waals surface area contributed by atoms with E-state index in [2.05, 4.69) is 25.1 Å². The van der Waals surface area contributed by atoms with Gasteiger partial charge in [0, 0.05) is 36.8 Å². The Hall–Kier alpha value is -3.47. The minimum Gasteiger partial charge on any atom is -0.369 e. The molecule has 1 aliphatic heterocycles. The first-order chi connectivity index (χ1) is 16.2. The number of fused-ring (bicyclic) bond motifs is 1. The van der Waals surface area contributed by atoms with E-state index in [9.17, 15) is 9.18 Å². The molecule has 1 saturated heterocycles. The highest BCUT2D eigenvalue weighted by atomic mass is 19.1. The van der Waals surface area contributed by atoms with Crippen molar-refractivity contribution in [2.75, 3.05) is 47.2 Å². The summed E-state index contributed by atoms with van der Waals surface area (Å²) < 4.78 is 19.8. The summed E-state index contributed by atoms with van der Waals surface area (Å²) in [6, 6.07) is 9.38. The van der Waals surface area contributed by atoms with Crippen molar-refractivity contribution in [2.24, 2.45) is 4.99 Å². The Bertz CT molecular complexity index is 1230. The maximum atomic E-state index is 13.8. The quantitative estimate of drug-likeness (QED) is 0.248. The molecule has 0 radical (unpaired) electrons. The number of epoxide rings is 1. The van der Waals surface area contributed by atoms with Gasteiger partial charge in [0.15, 0.2) is 5.82 Å². The van der Waals surface area contributed by atoms with Crippen LogP contribution in [0.3, 0.4) is 0 Å². The molecule has 0 aliphatic carbocycles. The number of likely N-dealkylation sites (N-methyl/N-ethyl adjacent to an activating group) is 1. The Morgan fingerprint density at radius 2 is 2.00 bits per heavy atom. The van der Waals surface area contributed by atoms with Crippen molar-refractivity contribution in [3.8, 4) is 11.3 Å². The SMILES string of the molecule is CN(C)/C=N/C(=O)Nc1ncc(C2OC2N(C)CN(C)C)c2ccc(-c3cccc(F)c3)nc12. The third kappa shape index (κ3) is 5.36. The lowest BCUT2D eigenvalue weighted by Gasteiger charge is -2.19. The van der Waals surface area contributed by atoms with Gasteiger partial charge in [-0.3, -0.25) is 15.1 Å². The fourth-order valence-corrected chi connectivity index (χ4v) is 3.76. The number of rotatable bonds is 7. The van der Waals surface area contributed by atoms with Gasteiger partial charge >= 0.3 is 6.03 Å². The van der Waals surface area contributed by atoms with Crippen molar-refractivity contribution in [3.63, 3.8) is 0 Å². The van der Waals surface area contributed by atoms with Crippen LogP contribution in [0.1, 0.15) is 11.7 Å². The van der Waals surface area contributed by atoms with E-state index in [4.69, 9.17) is 9.72 Å². The van der Waals surface area contributed by atoms with Crippen molar-refractivity contribution in [3.05, 3.63) is 54.0 Å². The Morgan fingerprint density at radius 1 is 1.21 bits per heavy atom. The number of ether oxygens (including phenoxy) is 1. The Morgan fingerprint density at radius 3 is 2.71 bits per heavy atom. The second-order valence-corrected chi connectivity index (χ2v) is 8.73. The molecule has 9 nitrogen and oxygen atoms in total. The molecule has 2 atom stereocenters. The molecule has 1 aromatic carbocycles. The number of anilines is 1. The third-order valence-electron chi connectivity index (χ3n) is 5.23. The molecule has 0 saturated carbocycles. The van der Waals surface area contributed by atoms with Gasteiger partial charge < -0.3 is 9.64 Å². The summed E-state index contributed by atoms with van der Waals surface area (Å²) in [5, 5.41) is 3.51. The fraction of sp³-hybridized carbons (Fsp3) is 0.333. The number of nitrogens with one attached hydrogen (secondary N) is 1. The number of carbonyl (C=O) groups excluding carboxylic acids is 1. The van der Waals surface area contributed by atoms with E-state index in [1.165, 1.54) is 18.5 Å². The van der Waals surface area contributed by atoms with Crippen LogP contribution in [0, 0.1) is 5.82 Å². The Kier molecular flexibility index (Phi) is 6.82. The van der Waals surface area contributed by atoms with E-state index in [1.807, 2.05) is 33.3 Å². The summed E-state index contributed by atoms with van der Waals surface area (Å²) in [5.41, 5.74) is 2.55. The molecule has 34 heavy (non-hydrogen) atoms. The molecule has 178 valence electrons. The average molecular weight is 466 g/mol. The van der Waals surface area contributed by atoms with Crippen LogP contribution in [0.4, 0.5) is 15.0 Å². The molecule has 2 aromatic heterocycles. The zero-order chi connectivity index (χ0) is 24.4. The summed E-state index contributed by atoms with van der Waals surface area (Å²) in [5.74, 6) is -0.0762. The summed E-state index contributed by atoms with van der Waals surface area (Å²) >= 11 is 0. The fourth-order valence-electron chi connectivity index (χ4n) is 3.76. The smallest absolute Gasteiger partial charge is 0.347 e. The molecule has 10 heteroatoms. The molecule has 3 heterocycles. The second-order valence-electron chi connectivity index (χ2n) is 8.73. The Labute approximate surface area is 197 Å². The van der Waals surface area contributed by atoms with Crippen LogP contribution >= 0.6 is 0 Å². The van der Waals surface area contributed by atoms with Gasteiger partial charge in [0.25, 0.3) is 0 Å². The molecule has 2 unspecified atom stereocenters. The van der Waals surface area contributed by atoms with Crippen molar-refractivity contribution in [1.82, 2.24) is 24.7 Å². The van der Waals surface area contributed by atoms with Crippen LogP contribution < -0.4 is 5.32 Å². The van der Waals surface area contributed by atoms with Gasteiger partial charge in [-0.1, -0.05) is 18.2 Å². The minimum atomic E-state index is -0.570. The summed E-state index contributed by atoms with van der Waals surface area (Å²) in [4.78, 5) is 31.2. The van der Waals surface area contributed by atoms with Gasteiger partial charge in [-0.05, 0) is 39.3 Å². The highest BCUT2D eigenvalue weighted by molar-refractivity contribution is 6.01. The number of hydrogen-bond acceptors (Lipinski definition) is 6. The predicted octanol–water partition coefficient (Wildman–Crippen LogP) is 3.41. The zero-order valence-corrected chi connectivity index (χ0v) is 19.9. The van der Waals surface area contributed by atoms with Gasteiger partial charge in [-0.15, -0.1) is 0 Å². The van der Waals surface area contributed by atoms with Crippen LogP contribution in [-0.4, -0.2) is 85.2 Å². The normalized spacial score (nSPS) is 17.6. The average Bonchev–Trinajstić information content (AvgIpc) is 3.58. The van der Waals surface area contributed by atoms with Crippen molar-refractivity contribution >= 4 is 29.1 Å². The summed E-state index contributed by atoms with van der Waals surface area (Å²) in [6.07, 6.45) is 2.85. The van der Waals surface area contributed by atoms with Crippen molar-refractivity contribution in [2.45, 2.75) is 12.3 Å². The van der Waals surface area contributed by atoms with E-state index in [-0.39, 0.29) is 24.0 Å². The van der Waals surface area contributed by atoms with E-state index in [0.717, 1.165) is 17.6 Å². The monoisotopic (exact) mass is 465 g/mol. The Balaban J connectivity index is 1.73. The lowest BCUT2D eigenvalue weighted by molar-refractivity contribution is 0.145. The molecule has 1 aliphatic rings. The van der Waals surface area contributed by atoms with Crippen molar-refractivity contribution < 1.29 is 13.9 Å². The first kappa shape index (κ1) is 23.7. The molecule has 1 N–H and O–H groups in total. The number of aliphatic imine (C=N–C) groups is 1. The number of urea groups is 1. The molecular formula is C24H28FN7O2. The van der Waals surface area contributed by atoms with Gasteiger partial charge in [0.1, 0.15) is 23.7 Å². The number of benzene rings is 1. The van der Waals surface area contributed by atoms with Crippen LogP contribution in [0.25, 0.3) is 22.2 Å². The van der Waals surface area contributed by atoms with E-state index in [1.54, 1.807) is 37.3 Å². The first-order valence-electron chi connectivity index (χ1n) is 10.8. The van der Waals surface area contributed by atoms with Gasteiger partial charge in [-0.25, -0.2) is 19.2 Å². The number of carbonyl (C=O) groups is 1. The summed E-state index contributed by atoms with van der Waals surface area (Å²) in [7, 11) is 9.53. The zero-order valence-electron chi connectivity index (χ0n) is 19.9. The van der Waals surface area contributed by atoms with Gasteiger partial charge in [-0.2, -0.15) is 4.99 Å². The van der Waals surface area contributed by atoms with Crippen molar-refractivity contribution in [1.29, 1.82) is 0 Å². The number of amides is 2. The maximum Gasteiger partial charge on any atom is 0.347 e. The lowest BCUT2D eigenvalue weighted by atomic mass is 10.0. The highest BCUT2D eigenvalue weighted by Crippen LogP contribution is 2.43. The molecule has 0 bridgehead atoms. The van der Waals surface area contributed by atoms with Crippen LogP contribution in [-0.2, 0) is 4.74 Å². The van der Waals surface area contributed by atoms with Crippen LogP contribution in [0.15, 0.2) is 47.6 Å². The molecular weight excluding hydrogens is 437 g/mol. The predicted molar refractivity (Wildman–Crippen MR) is 130 cm³/mol. The number of pyridine rings is 2. The molecule has 1 fully saturated rings. The molecule has 0 spiro atoms. The van der Waals surface area contributed by atoms with Gasteiger partial charge in [0.2, 0.25) is 0 Å². The number of halogens is 1. The largest absolute Gasteiger partial charge is 0.369 e. The third-order valence-corrected chi connectivity index (χ3v) is 5.23. The van der Waals surface area contributed by atoms with E-state index in [0.29, 0.717) is 16.8 Å². The number of nitrogens with zero attached hydrogens (tertiary/aromatic N) is 6. The van der Waals surface area contributed by atoms with E-state index < -0.39 is 6.03 Å².